The lowest BCUT2D eigenvalue weighted by Gasteiger charge is -2.14. The number of nitrogens with zero attached hydrogens (tertiary/aromatic N) is 3. The fraction of sp³-hybridized carbons (Fsp3) is 0.138. The lowest BCUT2D eigenvalue weighted by Crippen LogP contribution is -2.14. The van der Waals surface area contributed by atoms with Crippen LogP contribution in [-0.2, 0) is 11.2 Å². The number of nitrogens with one attached hydrogen (secondary N) is 2. The topological polar surface area (TPSA) is 99.5 Å². The van der Waals surface area contributed by atoms with E-state index in [9.17, 15) is 4.79 Å². The molecule has 2 aromatic heterocycles. The maximum Gasteiger partial charge on any atom is 0.228 e. The lowest BCUT2D eigenvalue weighted by molar-refractivity contribution is -0.115. The minimum atomic E-state index is -0.185. The van der Waals surface area contributed by atoms with Gasteiger partial charge in [0.15, 0.2) is 23.1 Å². The van der Waals surface area contributed by atoms with E-state index in [4.69, 9.17) is 14.2 Å². The minimum Gasteiger partial charge on any atom is -0.493 e. The molecule has 0 saturated carbocycles. The molecule has 0 fully saturated rings. The van der Waals surface area contributed by atoms with Crippen molar-refractivity contribution >= 4 is 34.0 Å². The van der Waals surface area contributed by atoms with E-state index < -0.39 is 0 Å². The Kier molecular flexibility index (Phi) is 7.08. The van der Waals surface area contributed by atoms with Gasteiger partial charge in [-0.3, -0.25) is 9.36 Å². The number of rotatable bonds is 9. The number of anilines is 3. The number of ether oxygens (including phenoxy) is 3. The first kappa shape index (κ1) is 24.6. The first-order valence-corrected chi connectivity index (χ1v) is 11.9. The number of hydrogen-bond acceptors (Lipinski definition) is 7. The molecule has 0 saturated heterocycles. The summed E-state index contributed by atoms with van der Waals surface area (Å²) in [6.45, 7) is 0. The molecule has 5 aromatic rings. The molecule has 9 nitrogen and oxygen atoms in total. The highest BCUT2D eigenvalue weighted by atomic mass is 16.5. The fourth-order valence-corrected chi connectivity index (χ4v) is 4.30. The van der Waals surface area contributed by atoms with Gasteiger partial charge in [-0.15, -0.1) is 10.2 Å². The second-order valence-corrected chi connectivity index (χ2v) is 8.45. The largest absolute Gasteiger partial charge is 0.493 e. The van der Waals surface area contributed by atoms with E-state index in [-0.39, 0.29) is 12.3 Å². The normalized spacial score (nSPS) is 10.7. The van der Waals surface area contributed by atoms with Crippen molar-refractivity contribution in [1.29, 1.82) is 0 Å². The van der Waals surface area contributed by atoms with Crippen LogP contribution in [0.1, 0.15) is 5.56 Å². The molecule has 0 aliphatic rings. The van der Waals surface area contributed by atoms with Gasteiger partial charge < -0.3 is 24.8 Å². The van der Waals surface area contributed by atoms with E-state index in [2.05, 4.69) is 20.8 Å². The molecule has 5 rings (SSSR count). The summed E-state index contributed by atoms with van der Waals surface area (Å²) in [7, 11) is 4.60. The molecule has 0 aliphatic carbocycles. The summed E-state index contributed by atoms with van der Waals surface area (Å²) in [4.78, 5) is 13.1. The van der Waals surface area contributed by atoms with Crippen molar-refractivity contribution < 1.29 is 19.0 Å². The minimum absolute atomic E-state index is 0.158. The number of methoxy groups -OCH3 is 3. The molecule has 0 bridgehead atoms. The molecule has 3 aromatic carbocycles. The van der Waals surface area contributed by atoms with E-state index in [0.717, 1.165) is 22.2 Å². The summed E-state index contributed by atoms with van der Waals surface area (Å²) in [6, 6.07) is 24.8. The van der Waals surface area contributed by atoms with Gasteiger partial charge in [0, 0.05) is 35.1 Å². The quantitative estimate of drug-likeness (QED) is 0.276. The number of carbonyl (C=O) groups excluding carboxylic acids is 1. The Hall–Kier alpha value is -5.05. The average molecular weight is 510 g/mol. The second kappa shape index (κ2) is 10.9. The van der Waals surface area contributed by atoms with Crippen molar-refractivity contribution in [1.82, 2.24) is 14.8 Å². The summed E-state index contributed by atoms with van der Waals surface area (Å²) < 4.78 is 18.1. The number of para-hydroxylation sites is 2. The molecule has 0 unspecified atom stereocenters. The van der Waals surface area contributed by atoms with Crippen LogP contribution in [0.25, 0.3) is 16.7 Å². The van der Waals surface area contributed by atoms with E-state index in [1.807, 2.05) is 77.5 Å². The molecule has 0 atom stereocenters. The molecule has 0 radical (unpaired) electrons. The number of hydrogen-bond donors (Lipinski definition) is 2. The van der Waals surface area contributed by atoms with Gasteiger partial charge in [-0.2, -0.15) is 0 Å². The first-order valence-electron chi connectivity index (χ1n) is 11.9. The zero-order chi connectivity index (χ0) is 26.5. The number of fused-ring (bicyclic) bond motifs is 1. The van der Waals surface area contributed by atoms with Crippen LogP contribution in [0.2, 0.25) is 0 Å². The summed E-state index contributed by atoms with van der Waals surface area (Å²) >= 11 is 0. The van der Waals surface area contributed by atoms with Crippen LogP contribution in [0, 0.1) is 0 Å². The smallest absolute Gasteiger partial charge is 0.228 e. The van der Waals surface area contributed by atoms with Crippen molar-refractivity contribution in [3.8, 4) is 23.1 Å². The molecule has 1 amide bonds. The SMILES string of the molecule is COc1cc(NC(=O)Cc2cn(-c3ccc(Nc4ccccc4)nn3)c3ccccc23)cc(OC)c1OC. The van der Waals surface area contributed by atoms with Crippen LogP contribution < -0.4 is 24.8 Å². The van der Waals surface area contributed by atoms with Gasteiger partial charge in [0.2, 0.25) is 11.7 Å². The third kappa shape index (κ3) is 5.08. The molecule has 0 aliphatic heterocycles. The summed E-state index contributed by atoms with van der Waals surface area (Å²) in [5.41, 5.74) is 3.27. The van der Waals surface area contributed by atoms with Gasteiger partial charge in [-0.05, 0) is 35.9 Å². The molecule has 2 heterocycles. The average Bonchev–Trinajstić information content (AvgIpc) is 3.31. The van der Waals surface area contributed by atoms with Crippen LogP contribution in [0.15, 0.2) is 85.1 Å². The Labute approximate surface area is 220 Å². The van der Waals surface area contributed by atoms with Crippen molar-refractivity contribution in [2.45, 2.75) is 6.42 Å². The predicted molar refractivity (Wildman–Crippen MR) is 147 cm³/mol. The number of aromatic nitrogens is 3. The zero-order valence-electron chi connectivity index (χ0n) is 21.3. The van der Waals surface area contributed by atoms with Crippen molar-refractivity contribution in [2.24, 2.45) is 0 Å². The third-order valence-electron chi connectivity index (χ3n) is 6.04. The monoisotopic (exact) mass is 509 g/mol. The maximum absolute atomic E-state index is 13.1. The third-order valence-corrected chi connectivity index (χ3v) is 6.04. The zero-order valence-corrected chi connectivity index (χ0v) is 21.3. The fourth-order valence-electron chi connectivity index (χ4n) is 4.30. The summed E-state index contributed by atoms with van der Waals surface area (Å²) in [6.07, 6.45) is 2.08. The summed E-state index contributed by atoms with van der Waals surface area (Å²) in [5.74, 6) is 2.49. The highest BCUT2D eigenvalue weighted by Gasteiger charge is 2.17. The Balaban J connectivity index is 1.38. The Morgan fingerprint density at radius 2 is 1.53 bits per heavy atom. The van der Waals surface area contributed by atoms with Gasteiger partial charge >= 0.3 is 0 Å². The number of benzene rings is 3. The molecule has 38 heavy (non-hydrogen) atoms. The molecule has 192 valence electrons. The van der Waals surface area contributed by atoms with E-state index in [1.54, 1.807) is 12.1 Å². The van der Waals surface area contributed by atoms with Crippen LogP contribution in [-0.4, -0.2) is 42.0 Å². The van der Waals surface area contributed by atoms with E-state index in [1.165, 1.54) is 21.3 Å². The second-order valence-electron chi connectivity index (χ2n) is 8.45. The van der Waals surface area contributed by atoms with Gasteiger partial charge in [-0.1, -0.05) is 36.4 Å². The Morgan fingerprint density at radius 1 is 0.816 bits per heavy atom. The van der Waals surface area contributed by atoms with Crippen LogP contribution in [0.5, 0.6) is 17.2 Å². The summed E-state index contributed by atoms with van der Waals surface area (Å²) in [5, 5.41) is 15.9. The molecular weight excluding hydrogens is 482 g/mol. The highest BCUT2D eigenvalue weighted by molar-refractivity contribution is 5.96. The maximum atomic E-state index is 13.1. The van der Waals surface area contributed by atoms with Crippen molar-refractivity contribution in [2.75, 3.05) is 32.0 Å². The Morgan fingerprint density at radius 3 is 2.18 bits per heavy atom. The molecule has 9 heteroatoms. The lowest BCUT2D eigenvalue weighted by atomic mass is 10.1. The van der Waals surface area contributed by atoms with Gasteiger partial charge in [0.05, 0.1) is 33.3 Å². The van der Waals surface area contributed by atoms with Crippen LogP contribution in [0.3, 0.4) is 0 Å². The predicted octanol–water partition coefficient (Wildman–Crippen LogP) is 5.37. The molecule has 2 N–H and O–H groups in total. The Bertz CT molecular complexity index is 1540. The number of amides is 1. The number of carbonyl (C=O) groups is 1. The van der Waals surface area contributed by atoms with E-state index in [0.29, 0.717) is 34.6 Å². The van der Waals surface area contributed by atoms with Crippen molar-refractivity contribution in [3.63, 3.8) is 0 Å². The highest BCUT2D eigenvalue weighted by Crippen LogP contribution is 2.40. The van der Waals surface area contributed by atoms with Crippen LogP contribution in [0.4, 0.5) is 17.2 Å². The van der Waals surface area contributed by atoms with Gasteiger partial charge in [0.25, 0.3) is 0 Å². The van der Waals surface area contributed by atoms with Gasteiger partial charge in [0.1, 0.15) is 0 Å². The van der Waals surface area contributed by atoms with Crippen LogP contribution >= 0.6 is 0 Å². The molecular formula is C29H27N5O4. The van der Waals surface area contributed by atoms with Gasteiger partial charge in [-0.25, -0.2) is 0 Å². The van der Waals surface area contributed by atoms with E-state index >= 15 is 0 Å². The standard InChI is InChI=1S/C29H27N5O4/c1-36-24-16-21(17-25(37-2)29(24)38-3)31-28(35)15-19-18-34(23-12-8-7-11-22(19)23)27-14-13-26(32-33-27)30-20-9-5-4-6-10-20/h4-14,16-18H,15H2,1-3H3,(H,30,32)(H,31,35). The van der Waals surface area contributed by atoms with Crippen molar-refractivity contribution in [3.05, 3.63) is 90.6 Å². The molecule has 0 spiro atoms. The first-order chi connectivity index (χ1) is 18.6.